The van der Waals surface area contributed by atoms with Crippen molar-refractivity contribution >= 4 is 18.1 Å². The van der Waals surface area contributed by atoms with Gasteiger partial charge in [-0.1, -0.05) is 6.07 Å². The van der Waals surface area contributed by atoms with Gasteiger partial charge in [0.1, 0.15) is 12.4 Å². The van der Waals surface area contributed by atoms with Crippen molar-refractivity contribution < 1.29 is 9.66 Å². The van der Waals surface area contributed by atoms with Crippen molar-refractivity contribution in [3.63, 3.8) is 0 Å². The quantitative estimate of drug-likeness (QED) is 0.648. The molecule has 1 fully saturated rings. The minimum absolute atomic E-state index is 0. The van der Waals surface area contributed by atoms with E-state index in [9.17, 15) is 10.1 Å². The summed E-state index contributed by atoms with van der Waals surface area (Å²) < 4.78 is 5.39. The Bertz CT molecular complexity index is 393. The van der Waals surface area contributed by atoms with Gasteiger partial charge >= 0.3 is 0 Å². The Morgan fingerprint density at radius 1 is 1.50 bits per heavy atom. The summed E-state index contributed by atoms with van der Waals surface area (Å²) in [7, 11) is 0. The van der Waals surface area contributed by atoms with E-state index in [0.29, 0.717) is 12.4 Å². The molecule has 0 atom stereocenters. The number of nitrogens with zero attached hydrogens (tertiary/aromatic N) is 1. The van der Waals surface area contributed by atoms with Gasteiger partial charge in [-0.05, 0) is 18.9 Å². The minimum Gasteiger partial charge on any atom is -0.491 e. The predicted molar refractivity (Wildman–Crippen MR) is 62.0 cm³/mol. The van der Waals surface area contributed by atoms with Crippen LogP contribution in [0.5, 0.6) is 5.75 Å². The molecule has 1 aromatic rings. The fourth-order valence-corrected chi connectivity index (χ4v) is 1.22. The highest BCUT2D eigenvalue weighted by Gasteiger charge is 2.39. The van der Waals surface area contributed by atoms with E-state index in [1.54, 1.807) is 12.1 Å². The SMILES string of the molecule is Cl.NC1(COc2cccc([N+](=O)[O-])c2)CC1. The molecule has 0 aromatic heterocycles. The van der Waals surface area contributed by atoms with Crippen LogP contribution in [0.15, 0.2) is 24.3 Å². The van der Waals surface area contributed by atoms with E-state index in [0.717, 1.165) is 12.8 Å². The normalized spacial score (nSPS) is 16.1. The number of non-ortho nitro benzene ring substituents is 1. The maximum absolute atomic E-state index is 10.5. The summed E-state index contributed by atoms with van der Waals surface area (Å²) in [6.45, 7) is 0.425. The van der Waals surface area contributed by atoms with Gasteiger partial charge < -0.3 is 10.5 Å². The zero-order valence-corrected chi connectivity index (χ0v) is 9.40. The molecule has 1 aromatic carbocycles. The highest BCUT2D eigenvalue weighted by Crippen LogP contribution is 2.33. The molecule has 0 aliphatic heterocycles. The van der Waals surface area contributed by atoms with Crippen LogP contribution in [0.1, 0.15) is 12.8 Å². The molecule has 0 spiro atoms. The number of hydrogen-bond acceptors (Lipinski definition) is 4. The monoisotopic (exact) mass is 244 g/mol. The molecule has 88 valence electrons. The van der Waals surface area contributed by atoms with E-state index in [-0.39, 0.29) is 23.6 Å². The van der Waals surface area contributed by atoms with Gasteiger partial charge in [0.2, 0.25) is 0 Å². The van der Waals surface area contributed by atoms with Gasteiger partial charge in [0.15, 0.2) is 0 Å². The molecule has 0 saturated heterocycles. The lowest BCUT2D eigenvalue weighted by atomic mass is 10.3. The van der Waals surface area contributed by atoms with Gasteiger partial charge in [0.25, 0.3) is 5.69 Å². The van der Waals surface area contributed by atoms with E-state index in [2.05, 4.69) is 0 Å². The Hall–Kier alpha value is -1.33. The van der Waals surface area contributed by atoms with Crippen molar-refractivity contribution in [2.24, 2.45) is 5.73 Å². The topological polar surface area (TPSA) is 78.4 Å². The summed E-state index contributed by atoms with van der Waals surface area (Å²) in [4.78, 5) is 10.0. The molecule has 0 amide bonds. The molecule has 1 saturated carbocycles. The van der Waals surface area contributed by atoms with Crippen LogP contribution in [0, 0.1) is 10.1 Å². The first kappa shape index (κ1) is 12.7. The van der Waals surface area contributed by atoms with Gasteiger partial charge in [-0.25, -0.2) is 0 Å². The van der Waals surface area contributed by atoms with E-state index in [4.69, 9.17) is 10.5 Å². The number of nitro groups is 1. The molecule has 0 radical (unpaired) electrons. The fraction of sp³-hybridized carbons (Fsp3) is 0.400. The third-order valence-electron chi connectivity index (χ3n) is 2.45. The zero-order chi connectivity index (χ0) is 10.9. The van der Waals surface area contributed by atoms with Gasteiger partial charge in [-0.3, -0.25) is 10.1 Å². The van der Waals surface area contributed by atoms with Crippen LogP contribution in [-0.2, 0) is 0 Å². The van der Waals surface area contributed by atoms with Crippen molar-refractivity contribution in [2.45, 2.75) is 18.4 Å². The summed E-state index contributed by atoms with van der Waals surface area (Å²) in [5, 5.41) is 10.5. The average Bonchev–Trinajstić information content (AvgIpc) is 2.95. The van der Waals surface area contributed by atoms with Gasteiger partial charge in [0.05, 0.1) is 16.5 Å². The average molecular weight is 245 g/mol. The van der Waals surface area contributed by atoms with Crippen molar-refractivity contribution in [1.29, 1.82) is 0 Å². The van der Waals surface area contributed by atoms with Crippen LogP contribution >= 0.6 is 12.4 Å². The summed E-state index contributed by atoms with van der Waals surface area (Å²) in [6.07, 6.45) is 1.92. The summed E-state index contributed by atoms with van der Waals surface area (Å²) >= 11 is 0. The Balaban J connectivity index is 0.00000128. The molecular weight excluding hydrogens is 232 g/mol. The van der Waals surface area contributed by atoms with Crippen molar-refractivity contribution in [3.8, 4) is 5.75 Å². The highest BCUT2D eigenvalue weighted by molar-refractivity contribution is 5.85. The summed E-state index contributed by atoms with van der Waals surface area (Å²) in [6, 6.07) is 6.14. The summed E-state index contributed by atoms with van der Waals surface area (Å²) in [5.41, 5.74) is 5.67. The number of nitro benzene ring substituents is 1. The molecule has 16 heavy (non-hydrogen) atoms. The van der Waals surface area contributed by atoms with Crippen molar-refractivity contribution in [3.05, 3.63) is 34.4 Å². The smallest absolute Gasteiger partial charge is 0.273 e. The second kappa shape index (κ2) is 4.67. The van der Waals surface area contributed by atoms with Crippen LogP contribution in [0.2, 0.25) is 0 Å². The Kier molecular flexibility index (Phi) is 3.72. The number of halogens is 1. The van der Waals surface area contributed by atoms with E-state index in [1.807, 2.05) is 0 Å². The Morgan fingerprint density at radius 2 is 2.19 bits per heavy atom. The standard InChI is InChI=1S/C10H12N2O3.ClH/c11-10(4-5-10)7-15-9-3-1-2-8(6-9)12(13)14;/h1-3,6H,4-5,7,11H2;1H. The lowest BCUT2D eigenvalue weighted by Gasteiger charge is -2.10. The molecule has 0 bridgehead atoms. The van der Waals surface area contributed by atoms with Gasteiger partial charge in [-0.2, -0.15) is 0 Å². The third kappa shape index (κ3) is 3.08. The van der Waals surface area contributed by atoms with Crippen molar-refractivity contribution in [1.82, 2.24) is 0 Å². The largest absolute Gasteiger partial charge is 0.491 e. The van der Waals surface area contributed by atoms with Crippen LogP contribution in [0.3, 0.4) is 0 Å². The Morgan fingerprint density at radius 3 is 2.75 bits per heavy atom. The minimum atomic E-state index is -0.442. The lowest BCUT2D eigenvalue weighted by molar-refractivity contribution is -0.384. The number of benzene rings is 1. The van der Waals surface area contributed by atoms with Gasteiger partial charge in [0, 0.05) is 6.07 Å². The first-order valence-corrected chi connectivity index (χ1v) is 4.75. The molecule has 6 heteroatoms. The number of rotatable bonds is 4. The second-order valence-electron chi connectivity index (χ2n) is 3.91. The highest BCUT2D eigenvalue weighted by atomic mass is 35.5. The third-order valence-corrected chi connectivity index (χ3v) is 2.45. The van der Waals surface area contributed by atoms with Crippen LogP contribution in [0.25, 0.3) is 0 Å². The number of hydrogen-bond donors (Lipinski definition) is 1. The molecule has 1 aliphatic carbocycles. The molecule has 1 aliphatic rings. The van der Waals surface area contributed by atoms with E-state index in [1.165, 1.54) is 12.1 Å². The van der Waals surface area contributed by atoms with E-state index >= 15 is 0 Å². The molecular formula is C10H13ClN2O3. The molecule has 5 nitrogen and oxygen atoms in total. The van der Waals surface area contributed by atoms with Crippen LogP contribution in [0.4, 0.5) is 5.69 Å². The second-order valence-corrected chi connectivity index (χ2v) is 3.91. The predicted octanol–water partition coefficient (Wildman–Crippen LogP) is 1.89. The molecule has 0 unspecified atom stereocenters. The Labute approximate surface area is 99.1 Å². The first-order valence-electron chi connectivity index (χ1n) is 4.75. The van der Waals surface area contributed by atoms with Crippen LogP contribution in [-0.4, -0.2) is 17.1 Å². The summed E-state index contributed by atoms with van der Waals surface area (Å²) in [5.74, 6) is 0.501. The van der Waals surface area contributed by atoms with E-state index < -0.39 is 4.92 Å². The van der Waals surface area contributed by atoms with Crippen LogP contribution < -0.4 is 10.5 Å². The molecule has 2 N–H and O–H groups in total. The maximum Gasteiger partial charge on any atom is 0.273 e. The number of ether oxygens (including phenoxy) is 1. The first-order chi connectivity index (χ1) is 7.09. The fourth-order valence-electron chi connectivity index (χ4n) is 1.22. The van der Waals surface area contributed by atoms with Gasteiger partial charge in [-0.15, -0.1) is 12.4 Å². The molecule has 0 heterocycles. The van der Waals surface area contributed by atoms with Crippen molar-refractivity contribution in [2.75, 3.05) is 6.61 Å². The number of nitrogens with two attached hydrogens (primary N) is 1. The lowest BCUT2D eigenvalue weighted by Crippen LogP contribution is -2.29. The maximum atomic E-state index is 10.5. The zero-order valence-electron chi connectivity index (χ0n) is 8.59. The molecule has 2 rings (SSSR count).